The van der Waals surface area contributed by atoms with Gasteiger partial charge in [0.1, 0.15) is 11.8 Å². The minimum Gasteiger partial charge on any atom is -0.373 e. The second-order valence-electron chi connectivity index (χ2n) is 12.3. The highest BCUT2D eigenvalue weighted by molar-refractivity contribution is 6.43. The van der Waals surface area contributed by atoms with Gasteiger partial charge in [-0.1, -0.05) is 77.0 Å². The van der Waals surface area contributed by atoms with Crippen LogP contribution in [0.25, 0.3) is 10.9 Å². The molecule has 0 aliphatic carbocycles. The van der Waals surface area contributed by atoms with E-state index in [-0.39, 0.29) is 11.6 Å². The maximum atomic E-state index is 9.97. The van der Waals surface area contributed by atoms with Crippen molar-refractivity contribution in [2.75, 3.05) is 23.7 Å². The average Bonchev–Trinajstić information content (AvgIpc) is 3.52. The molecule has 1 aliphatic rings. The molecule has 0 radical (unpaired) electrons. The molecule has 46 heavy (non-hydrogen) atoms. The van der Waals surface area contributed by atoms with E-state index in [0.29, 0.717) is 48.6 Å². The number of fused-ring (bicyclic) bond motifs is 1. The van der Waals surface area contributed by atoms with E-state index in [2.05, 4.69) is 64.2 Å². The van der Waals surface area contributed by atoms with Crippen molar-refractivity contribution in [1.82, 2.24) is 24.9 Å². The second kappa shape index (κ2) is 14.3. The van der Waals surface area contributed by atoms with Crippen molar-refractivity contribution in [3.05, 3.63) is 106 Å². The Morgan fingerprint density at radius 2 is 1.89 bits per heavy atom. The highest BCUT2D eigenvalue weighted by Crippen LogP contribution is 2.39. The molecule has 0 unspecified atom stereocenters. The van der Waals surface area contributed by atoms with Gasteiger partial charge in [-0.25, -0.2) is 4.68 Å². The zero-order valence-electron chi connectivity index (χ0n) is 26.4. The normalized spacial score (nSPS) is 15.4. The molecule has 8 nitrogen and oxygen atoms in total. The van der Waals surface area contributed by atoms with Crippen molar-refractivity contribution in [2.45, 2.75) is 58.2 Å². The van der Waals surface area contributed by atoms with Gasteiger partial charge in [-0.15, -0.1) is 5.10 Å². The predicted octanol–water partition coefficient (Wildman–Crippen LogP) is 9.68. The Hall–Kier alpha value is -3.87. The van der Waals surface area contributed by atoms with Crippen LogP contribution in [0, 0.1) is 11.3 Å². The van der Waals surface area contributed by atoms with Crippen LogP contribution in [-0.2, 0) is 0 Å². The van der Waals surface area contributed by atoms with E-state index in [1.54, 1.807) is 18.2 Å². The number of halogens is 3. The minimum absolute atomic E-state index is 0.144. The number of nitrogens with zero attached hydrogens (tertiary/aromatic N) is 6. The third-order valence-electron chi connectivity index (χ3n) is 8.16. The third-order valence-corrected chi connectivity index (χ3v) is 9.27. The molecule has 1 saturated heterocycles. The van der Waals surface area contributed by atoms with Gasteiger partial charge in [-0.2, -0.15) is 5.26 Å². The van der Waals surface area contributed by atoms with Crippen LogP contribution in [0.5, 0.6) is 0 Å². The van der Waals surface area contributed by atoms with Gasteiger partial charge in [0.05, 0.1) is 55.8 Å². The molecular weight excluding hydrogens is 639 g/mol. The number of benzene rings is 2. The monoisotopic (exact) mass is 674 g/mol. The molecule has 0 spiro atoms. The number of anilines is 3. The van der Waals surface area contributed by atoms with Gasteiger partial charge >= 0.3 is 0 Å². The second-order valence-corrected chi connectivity index (χ2v) is 13.5. The van der Waals surface area contributed by atoms with Crippen LogP contribution < -0.4 is 10.6 Å². The molecular formula is C35H37Cl3N8. The molecule has 1 fully saturated rings. The first kappa shape index (κ1) is 33.5. The van der Waals surface area contributed by atoms with Gasteiger partial charge in [0.15, 0.2) is 0 Å². The number of aromatic nitrogens is 4. The van der Waals surface area contributed by atoms with Gasteiger partial charge in [0, 0.05) is 35.9 Å². The van der Waals surface area contributed by atoms with E-state index in [1.807, 2.05) is 54.2 Å². The molecule has 1 atom stereocenters. The van der Waals surface area contributed by atoms with Gasteiger partial charge in [-0.3, -0.25) is 9.88 Å². The number of likely N-dealkylation sites (tertiary alicyclic amines) is 1. The zero-order valence-corrected chi connectivity index (χ0v) is 28.6. The van der Waals surface area contributed by atoms with Crippen molar-refractivity contribution >= 4 is 62.8 Å². The molecule has 2 aromatic heterocycles. The van der Waals surface area contributed by atoms with Gasteiger partial charge in [0.25, 0.3) is 0 Å². The lowest BCUT2D eigenvalue weighted by molar-refractivity contribution is 0.0866. The maximum Gasteiger partial charge on any atom is 0.109 e. The third kappa shape index (κ3) is 7.40. The minimum atomic E-state index is -0.413. The van der Waals surface area contributed by atoms with E-state index in [9.17, 15) is 5.26 Å². The number of allylic oxidation sites excluding steroid dienone is 3. The highest BCUT2D eigenvalue weighted by atomic mass is 35.5. The molecule has 2 aromatic carbocycles. The van der Waals surface area contributed by atoms with Crippen molar-refractivity contribution in [3.8, 4) is 6.07 Å². The van der Waals surface area contributed by atoms with Crippen molar-refractivity contribution < 1.29 is 0 Å². The van der Waals surface area contributed by atoms with Crippen LogP contribution in [0.1, 0.15) is 63.9 Å². The number of hydrogen-bond acceptors (Lipinski definition) is 7. The Balaban J connectivity index is 1.51. The van der Waals surface area contributed by atoms with E-state index in [1.165, 1.54) is 6.20 Å². The standard InChI is InChI=1S/C35H37Cl3N8/c1-6-7-8-10-22(2)32(30-21-46(44-43-30)25-13-15-45(16-14-25)35(3,4)5)41-24-17-26-33(42-29-12-9-11-27(36)31(29)38)23(19-39)20-40-34(26)28(37)18-24/h6-12,17-18,20-21,25,32,41H,2,13-16H2,1,3-5H3,(H,40,42)/b7-6-,10-8-/t32-/m0/s1. The molecule has 0 amide bonds. The SMILES string of the molecule is C=C(/C=C\C=C/C)[C@H](Nc1cc(Cl)c2ncc(C#N)c(Nc3cccc(Cl)c3Cl)c2c1)c1cn(C2CCN(C(C)(C)C)CC2)nn1. The summed E-state index contributed by atoms with van der Waals surface area (Å²) in [4.78, 5) is 7.00. The molecule has 2 N–H and O–H groups in total. The first-order valence-electron chi connectivity index (χ1n) is 15.1. The molecule has 0 saturated carbocycles. The van der Waals surface area contributed by atoms with Crippen molar-refractivity contribution in [1.29, 1.82) is 5.26 Å². The number of hydrogen-bond donors (Lipinski definition) is 2. The van der Waals surface area contributed by atoms with Crippen molar-refractivity contribution in [2.24, 2.45) is 0 Å². The van der Waals surface area contributed by atoms with E-state index in [4.69, 9.17) is 34.8 Å². The summed E-state index contributed by atoms with van der Waals surface area (Å²) in [5, 5.41) is 27.8. The summed E-state index contributed by atoms with van der Waals surface area (Å²) in [7, 11) is 0. The Kier molecular flexibility index (Phi) is 10.4. The van der Waals surface area contributed by atoms with Crippen LogP contribution in [0.3, 0.4) is 0 Å². The van der Waals surface area contributed by atoms with Crippen molar-refractivity contribution in [3.63, 3.8) is 0 Å². The number of rotatable bonds is 9. The fourth-order valence-electron chi connectivity index (χ4n) is 5.61. The largest absolute Gasteiger partial charge is 0.373 e. The van der Waals surface area contributed by atoms with E-state index in [0.717, 1.165) is 37.2 Å². The summed E-state index contributed by atoms with van der Waals surface area (Å²) >= 11 is 19.6. The van der Waals surface area contributed by atoms with Crippen LogP contribution in [0.4, 0.5) is 17.1 Å². The topological polar surface area (TPSA) is 94.7 Å². The van der Waals surface area contributed by atoms with Gasteiger partial charge in [-0.05, 0) is 70.4 Å². The fourth-order valence-corrected chi connectivity index (χ4v) is 6.23. The fraction of sp³-hybridized carbons (Fsp3) is 0.314. The summed E-state index contributed by atoms with van der Waals surface area (Å²) in [6, 6.07) is 11.1. The smallest absolute Gasteiger partial charge is 0.109 e. The predicted molar refractivity (Wildman–Crippen MR) is 190 cm³/mol. The van der Waals surface area contributed by atoms with Gasteiger partial charge < -0.3 is 10.6 Å². The summed E-state index contributed by atoms with van der Waals surface area (Å²) in [5.74, 6) is 0. The molecule has 0 bridgehead atoms. The molecule has 3 heterocycles. The van der Waals surface area contributed by atoms with Gasteiger partial charge in [0.2, 0.25) is 0 Å². The quantitative estimate of drug-likeness (QED) is 0.171. The zero-order chi connectivity index (χ0) is 33.0. The number of nitriles is 1. The lowest BCUT2D eigenvalue weighted by Gasteiger charge is -2.40. The van der Waals surface area contributed by atoms with Crippen LogP contribution in [0.15, 0.2) is 79.2 Å². The van der Waals surface area contributed by atoms with Crippen LogP contribution >= 0.6 is 34.8 Å². The number of nitrogens with one attached hydrogen (secondary N) is 2. The Morgan fingerprint density at radius 3 is 2.59 bits per heavy atom. The summed E-state index contributed by atoms with van der Waals surface area (Å²) in [6.07, 6.45) is 13.3. The van der Waals surface area contributed by atoms with E-state index < -0.39 is 6.04 Å². The summed E-state index contributed by atoms with van der Waals surface area (Å²) < 4.78 is 1.99. The Morgan fingerprint density at radius 1 is 1.13 bits per heavy atom. The first-order chi connectivity index (χ1) is 22.0. The van der Waals surface area contributed by atoms with E-state index >= 15 is 0 Å². The lowest BCUT2D eigenvalue weighted by atomic mass is 9.98. The maximum absolute atomic E-state index is 9.97. The van der Waals surface area contributed by atoms with Crippen LogP contribution in [0.2, 0.25) is 15.1 Å². The lowest BCUT2D eigenvalue weighted by Crippen LogP contribution is -2.46. The molecule has 5 rings (SSSR count). The summed E-state index contributed by atoms with van der Waals surface area (Å²) in [6.45, 7) is 15.1. The average molecular weight is 676 g/mol. The molecule has 1 aliphatic heterocycles. The number of piperidine rings is 1. The van der Waals surface area contributed by atoms with Crippen LogP contribution in [-0.4, -0.2) is 43.5 Å². The Bertz CT molecular complexity index is 1840. The molecule has 4 aromatic rings. The molecule has 238 valence electrons. The Labute approximate surface area is 285 Å². The molecule has 11 heteroatoms. The summed E-state index contributed by atoms with van der Waals surface area (Å²) in [5.41, 5.74) is 4.28. The number of pyridine rings is 1. The highest BCUT2D eigenvalue weighted by Gasteiger charge is 2.29. The first-order valence-corrected chi connectivity index (χ1v) is 16.3.